The van der Waals surface area contributed by atoms with Crippen LogP contribution in [-0.4, -0.2) is 46.9 Å². The first-order valence-electron chi connectivity index (χ1n) is 23.7. The molecule has 0 radical (unpaired) electrons. The zero-order valence-corrected chi connectivity index (χ0v) is 36.6. The zero-order chi connectivity index (χ0) is 40.3. The van der Waals surface area contributed by atoms with Gasteiger partial charge in [0.25, 0.3) is 0 Å². The van der Waals surface area contributed by atoms with Gasteiger partial charge in [0.1, 0.15) is 6.10 Å². The molecule has 1 amide bonds. The van der Waals surface area contributed by atoms with Crippen molar-refractivity contribution in [3.63, 3.8) is 0 Å². The number of carbonyl (C=O) groups excluding carboxylic acids is 2. The molecule has 0 saturated carbocycles. The smallest absolute Gasteiger partial charge is 0.306 e. The fourth-order valence-corrected chi connectivity index (χ4v) is 7.19. The number of carbonyl (C=O) groups is 2. The number of aliphatic hydroxyl groups is 2. The molecular weight excluding hydrogens is 683 g/mol. The normalized spacial score (nSPS) is 13.6. The summed E-state index contributed by atoms with van der Waals surface area (Å²) in [7, 11) is 0. The van der Waals surface area contributed by atoms with E-state index in [1.54, 1.807) is 0 Å². The fourth-order valence-electron chi connectivity index (χ4n) is 7.19. The van der Waals surface area contributed by atoms with Gasteiger partial charge in [-0.25, -0.2) is 0 Å². The second-order valence-corrected chi connectivity index (χ2v) is 16.2. The van der Waals surface area contributed by atoms with Crippen molar-refractivity contribution in [2.45, 2.75) is 257 Å². The largest absolute Gasteiger partial charge is 0.462 e. The number of hydrogen-bond acceptors (Lipinski definition) is 5. The summed E-state index contributed by atoms with van der Waals surface area (Å²) >= 11 is 0. The maximum atomic E-state index is 13.1. The number of esters is 1. The van der Waals surface area contributed by atoms with Crippen LogP contribution >= 0.6 is 0 Å². The number of aliphatic hydroxyl groups excluding tert-OH is 2. The summed E-state index contributed by atoms with van der Waals surface area (Å²) in [6, 6.07) is -0.701. The molecule has 55 heavy (non-hydrogen) atoms. The van der Waals surface area contributed by atoms with Gasteiger partial charge in [0.15, 0.2) is 0 Å². The molecule has 322 valence electrons. The lowest BCUT2D eigenvalue weighted by molar-refractivity contribution is -0.151. The van der Waals surface area contributed by atoms with Gasteiger partial charge in [-0.3, -0.25) is 9.59 Å². The third-order valence-electron chi connectivity index (χ3n) is 10.8. The molecule has 0 aliphatic rings. The van der Waals surface area contributed by atoms with Crippen LogP contribution in [-0.2, 0) is 14.3 Å². The third kappa shape index (κ3) is 38.7. The molecule has 6 heteroatoms. The maximum absolute atomic E-state index is 13.1. The minimum atomic E-state index is -0.787. The highest BCUT2D eigenvalue weighted by molar-refractivity contribution is 5.77. The van der Waals surface area contributed by atoms with E-state index in [0.717, 1.165) is 70.6 Å². The van der Waals surface area contributed by atoms with Crippen LogP contribution in [0.25, 0.3) is 0 Å². The minimum Gasteiger partial charge on any atom is -0.462 e. The van der Waals surface area contributed by atoms with Gasteiger partial charge >= 0.3 is 5.97 Å². The predicted molar refractivity (Wildman–Crippen MR) is 236 cm³/mol. The predicted octanol–water partition coefficient (Wildman–Crippen LogP) is 13.7. The van der Waals surface area contributed by atoms with Gasteiger partial charge in [-0.1, -0.05) is 218 Å². The molecule has 0 heterocycles. The summed E-state index contributed by atoms with van der Waals surface area (Å²) < 4.78 is 5.89. The third-order valence-corrected chi connectivity index (χ3v) is 10.8. The Morgan fingerprint density at radius 3 is 1.47 bits per heavy atom. The van der Waals surface area contributed by atoms with Crippen LogP contribution in [0.3, 0.4) is 0 Å². The van der Waals surface area contributed by atoms with Gasteiger partial charge in [0.2, 0.25) is 5.91 Å². The van der Waals surface area contributed by atoms with Crippen molar-refractivity contribution < 1.29 is 24.5 Å². The number of rotatable bonds is 42. The summed E-state index contributed by atoms with van der Waals surface area (Å²) in [4.78, 5) is 26.0. The second-order valence-electron chi connectivity index (χ2n) is 16.2. The van der Waals surface area contributed by atoms with Crippen LogP contribution in [0.15, 0.2) is 36.5 Å². The van der Waals surface area contributed by atoms with Crippen molar-refractivity contribution in [1.29, 1.82) is 0 Å². The summed E-state index contributed by atoms with van der Waals surface area (Å²) in [5, 5.41) is 23.7. The van der Waals surface area contributed by atoms with E-state index in [1.165, 1.54) is 122 Å². The molecule has 0 aliphatic heterocycles. The molecule has 0 fully saturated rings. The molecule has 6 nitrogen and oxygen atoms in total. The highest BCUT2D eigenvalue weighted by atomic mass is 16.5. The SMILES string of the molecule is CC/C=C/C=C/C=C\CCCCCCCC(=O)OC(CCCCCCCCCCC)CC(=O)NC(CO)C(O)CCCCCCCCCCCCCCCC. The van der Waals surface area contributed by atoms with E-state index in [1.807, 2.05) is 0 Å². The number of nitrogens with one attached hydrogen (secondary N) is 1. The van der Waals surface area contributed by atoms with Crippen LogP contribution in [0.2, 0.25) is 0 Å². The topological polar surface area (TPSA) is 95.9 Å². The van der Waals surface area contributed by atoms with Crippen LogP contribution in [0, 0.1) is 0 Å². The van der Waals surface area contributed by atoms with E-state index in [9.17, 15) is 19.8 Å². The van der Waals surface area contributed by atoms with E-state index >= 15 is 0 Å². The lowest BCUT2D eigenvalue weighted by atomic mass is 10.0. The van der Waals surface area contributed by atoms with E-state index in [0.29, 0.717) is 19.3 Å². The summed E-state index contributed by atoms with van der Waals surface area (Å²) in [6.07, 6.45) is 49.2. The number of hydrogen-bond donors (Lipinski definition) is 3. The van der Waals surface area contributed by atoms with E-state index in [2.05, 4.69) is 62.5 Å². The zero-order valence-electron chi connectivity index (χ0n) is 36.6. The van der Waals surface area contributed by atoms with Crippen LogP contribution in [0.5, 0.6) is 0 Å². The average Bonchev–Trinajstić information content (AvgIpc) is 3.18. The quantitative estimate of drug-likeness (QED) is 0.0326. The molecule has 3 N–H and O–H groups in total. The Morgan fingerprint density at radius 1 is 0.545 bits per heavy atom. The van der Waals surface area contributed by atoms with E-state index in [4.69, 9.17) is 4.74 Å². The van der Waals surface area contributed by atoms with Gasteiger partial charge in [-0.15, -0.1) is 0 Å². The van der Waals surface area contributed by atoms with E-state index in [-0.39, 0.29) is 24.9 Å². The first kappa shape index (κ1) is 53.1. The molecule has 0 aromatic heterocycles. The van der Waals surface area contributed by atoms with Crippen LogP contribution in [0.4, 0.5) is 0 Å². The standard InChI is InChI=1S/C49H91NO5/c1-4-7-10-13-16-19-21-23-25-26-29-32-35-38-41-47(52)46(44-51)50-48(53)43-45(40-37-34-31-28-18-15-12-9-6-3)55-49(54)42-39-36-33-30-27-24-22-20-17-14-11-8-5-2/h8,11,14,17,20,22,45-47,51-52H,4-7,9-10,12-13,15-16,18-19,21,23-44H2,1-3H3,(H,50,53)/b11-8+,17-14+,22-20-. The van der Waals surface area contributed by atoms with Gasteiger partial charge in [0, 0.05) is 6.42 Å². The van der Waals surface area contributed by atoms with Crippen molar-refractivity contribution in [3.05, 3.63) is 36.5 Å². The highest BCUT2D eigenvalue weighted by Gasteiger charge is 2.24. The Labute approximate surface area is 341 Å². The molecule has 0 aliphatic carbocycles. The molecule has 0 bridgehead atoms. The van der Waals surface area contributed by atoms with Crippen LogP contribution < -0.4 is 5.32 Å². The van der Waals surface area contributed by atoms with Gasteiger partial charge in [-0.05, 0) is 44.9 Å². The lowest BCUT2D eigenvalue weighted by Gasteiger charge is -2.24. The maximum Gasteiger partial charge on any atom is 0.306 e. The van der Waals surface area contributed by atoms with Crippen LogP contribution in [0.1, 0.15) is 239 Å². The first-order valence-corrected chi connectivity index (χ1v) is 23.7. The number of unbranched alkanes of at least 4 members (excludes halogenated alkanes) is 26. The number of ether oxygens (including phenoxy) is 1. The summed E-state index contributed by atoms with van der Waals surface area (Å²) in [5.41, 5.74) is 0. The van der Waals surface area contributed by atoms with Crippen molar-refractivity contribution in [3.8, 4) is 0 Å². The molecule has 0 aromatic rings. The molecular formula is C49H91NO5. The molecule has 0 saturated heterocycles. The molecule has 3 unspecified atom stereocenters. The average molecular weight is 774 g/mol. The Bertz CT molecular complexity index is 915. The fraction of sp³-hybridized carbons (Fsp3) is 0.837. The van der Waals surface area contributed by atoms with Crippen molar-refractivity contribution >= 4 is 11.9 Å². The van der Waals surface area contributed by atoms with Crippen molar-refractivity contribution in [1.82, 2.24) is 5.32 Å². The van der Waals surface area contributed by atoms with Crippen molar-refractivity contribution in [2.75, 3.05) is 6.61 Å². The Hall–Kier alpha value is -1.92. The molecule has 0 rings (SSSR count). The van der Waals surface area contributed by atoms with Crippen molar-refractivity contribution in [2.24, 2.45) is 0 Å². The Kier molecular flexibility index (Phi) is 41.7. The summed E-state index contributed by atoms with van der Waals surface area (Å²) in [6.45, 7) is 6.33. The van der Waals surface area contributed by atoms with Gasteiger partial charge in [0.05, 0.1) is 25.2 Å². The Balaban J connectivity index is 4.50. The number of amides is 1. The van der Waals surface area contributed by atoms with Gasteiger partial charge in [-0.2, -0.15) is 0 Å². The van der Waals surface area contributed by atoms with E-state index < -0.39 is 18.2 Å². The lowest BCUT2D eigenvalue weighted by Crippen LogP contribution is -2.46. The summed E-state index contributed by atoms with van der Waals surface area (Å²) in [5.74, 6) is -0.494. The highest BCUT2D eigenvalue weighted by Crippen LogP contribution is 2.18. The first-order chi connectivity index (χ1) is 27.0. The number of allylic oxidation sites excluding steroid dienone is 6. The van der Waals surface area contributed by atoms with Gasteiger partial charge < -0.3 is 20.3 Å². The Morgan fingerprint density at radius 2 is 0.982 bits per heavy atom. The molecule has 3 atom stereocenters. The molecule has 0 spiro atoms. The minimum absolute atomic E-state index is 0.0719. The monoisotopic (exact) mass is 774 g/mol. The molecule has 0 aromatic carbocycles. The second kappa shape index (κ2) is 43.2.